The minimum absolute atomic E-state index is 0.0596. The number of aryl methyl sites for hydroxylation is 2. The first kappa shape index (κ1) is 17.2. The highest BCUT2D eigenvalue weighted by Gasteiger charge is 2.30. The second-order valence-electron chi connectivity index (χ2n) is 7.06. The first-order valence-electron chi connectivity index (χ1n) is 9.22. The van der Waals surface area contributed by atoms with Crippen molar-refractivity contribution in [2.75, 3.05) is 5.32 Å². The summed E-state index contributed by atoms with van der Waals surface area (Å²) in [5.41, 5.74) is 0.874. The molecule has 2 aromatic rings. The van der Waals surface area contributed by atoms with Crippen LogP contribution in [-0.4, -0.2) is 26.6 Å². The Bertz CT molecular complexity index is 837. The molecule has 1 aliphatic carbocycles. The van der Waals surface area contributed by atoms with Gasteiger partial charge in [-0.15, -0.1) is 21.5 Å². The third-order valence-electron chi connectivity index (χ3n) is 4.91. The van der Waals surface area contributed by atoms with Crippen LogP contribution in [0.25, 0.3) is 0 Å². The van der Waals surface area contributed by atoms with E-state index in [0.29, 0.717) is 11.4 Å². The third-order valence-corrected chi connectivity index (χ3v) is 6.06. The van der Waals surface area contributed by atoms with Crippen LogP contribution < -0.4 is 10.6 Å². The van der Waals surface area contributed by atoms with Gasteiger partial charge >= 0.3 is 0 Å². The van der Waals surface area contributed by atoms with Gasteiger partial charge in [0.1, 0.15) is 5.82 Å². The predicted octanol–water partition coefficient (Wildman–Crippen LogP) is 2.65. The molecule has 0 bridgehead atoms. The summed E-state index contributed by atoms with van der Waals surface area (Å²) in [7, 11) is 0. The number of carbonyl (C=O) groups excluding carboxylic acids is 2. The Labute approximate surface area is 156 Å². The molecule has 7 nitrogen and oxygen atoms in total. The van der Waals surface area contributed by atoms with Gasteiger partial charge in [-0.2, -0.15) is 0 Å². The minimum Gasteiger partial charge on any atom is -0.344 e. The maximum Gasteiger partial charge on any atom is 0.262 e. The normalized spacial score (nSPS) is 16.7. The van der Waals surface area contributed by atoms with E-state index in [0.717, 1.165) is 60.9 Å². The first-order chi connectivity index (χ1) is 12.6. The van der Waals surface area contributed by atoms with Gasteiger partial charge in [0, 0.05) is 18.9 Å². The first-order valence-corrected chi connectivity index (χ1v) is 10.0. The highest BCUT2D eigenvalue weighted by molar-refractivity contribution is 7.18. The predicted molar refractivity (Wildman–Crippen MR) is 99.2 cm³/mol. The van der Waals surface area contributed by atoms with Gasteiger partial charge in [-0.25, -0.2) is 0 Å². The van der Waals surface area contributed by atoms with E-state index in [2.05, 4.69) is 25.4 Å². The molecule has 0 radical (unpaired) electrons. The molecule has 0 saturated heterocycles. The molecule has 0 spiro atoms. The molecule has 1 saturated carbocycles. The average molecular weight is 373 g/mol. The summed E-state index contributed by atoms with van der Waals surface area (Å²) in [4.78, 5) is 25.1. The lowest BCUT2D eigenvalue weighted by atomic mass is 10.2. The molecule has 0 aromatic carbocycles. The molecule has 2 N–H and O–H groups in total. The van der Waals surface area contributed by atoms with E-state index in [1.807, 2.05) is 13.0 Å². The molecule has 2 aliphatic rings. The zero-order valence-electron chi connectivity index (χ0n) is 14.9. The van der Waals surface area contributed by atoms with Gasteiger partial charge in [-0.05, 0) is 44.2 Å². The van der Waals surface area contributed by atoms with Gasteiger partial charge in [-0.3, -0.25) is 9.59 Å². The fraction of sp³-hybridized carbons (Fsp3) is 0.556. The van der Waals surface area contributed by atoms with Crippen molar-refractivity contribution >= 4 is 28.2 Å². The second-order valence-corrected chi connectivity index (χ2v) is 8.12. The Hall–Kier alpha value is -2.22. The van der Waals surface area contributed by atoms with Crippen molar-refractivity contribution in [1.29, 1.82) is 0 Å². The summed E-state index contributed by atoms with van der Waals surface area (Å²) in [6, 6.07) is 1.86. The highest BCUT2D eigenvalue weighted by atomic mass is 32.1. The summed E-state index contributed by atoms with van der Waals surface area (Å²) in [6.45, 7) is 3.18. The van der Waals surface area contributed by atoms with Crippen molar-refractivity contribution in [2.45, 2.75) is 58.5 Å². The van der Waals surface area contributed by atoms with Crippen molar-refractivity contribution in [3.05, 3.63) is 28.2 Å². The molecular weight excluding hydrogens is 350 g/mol. The van der Waals surface area contributed by atoms with E-state index in [1.165, 1.54) is 17.8 Å². The monoisotopic (exact) mass is 373 g/mol. The van der Waals surface area contributed by atoms with Crippen LogP contribution in [0.4, 0.5) is 5.00 Å². The van der Waals surface area contributed by atoms with Crippen molar-refractivity contribution in [2.24, 2.45) is 5.92 Å². The van der Waals surface area contributed by atoms with Crippen LogP contribution >= 0.6 is 11.3 Å². The number of nitrogens with zero attached hydrogens (tertiary/aromatic N) is 3. The summed E-state index contributed by atoms with van der Waals surface area (Å²) in [5, 5.41) is 15.1. The molecule has 2 aromatic heterocycles. The van der Waals surface area contributed by atoms with Crippen LogP contribution in [-0.2, 0) is 24.3 Å². The number of rotatable bonds is 5. The van der Waals surface area contributed by atoms with Crippen LogP contribution in [0.5, 0.6) is 0 Å². The third kappa shape index (κ3) is 3.65. The summed E-state index contributed by atoms with van der Waals surface area (Å²) in [5.74, 6) is 1.91. The van der Waals surface area contributed by atoms with E-state index < -0.39 is 0 Å². The number of hydrogen-bond donors (Lipinski definition) is 2. The van der Waals surface area contributed by atoms with E-state index >= 15 is 0 Å². The molecule has 0 unspecified atom stereocenters. The molecule has 1 fully saturated rings. The quantitative estimate of drug-likeness (QED) is 0.843. The lowest BCUT2D eigenvalue weighted by Crippen LogP contribution is -2.24. The number of carbonyl (C=O) groups is 2. The number of amides is 2. The van der Waals surface area contributed by atoms with Gasteiger partial charge in [0.05, 0.1) is 16.4 Å². The Morgan fingerprint density at radius 3 is 2.92 bits per heavy atom. The van der Waals surface area contributed by atoms with Crippen molar-refractivity contribution in [3.63, 3.8) is 0 Å². The average Bonchev–Trinajstić information content (AvgIpc) is 3.37. The molecular formula is C18H23N5O2S. The molecule has 3 heterocycles. The van der Waals surface area contributed by atoms with Crippen LogP contribution in [0.2, 0.25) is 0 Å². The van der Waals surface area contributed by atoms with Crippen LogP contribution in [0, 0.1) is 12.8 Å². The Morgan fingerprint density at radius 2 is 2.12 bits per heavy atom. The molecule has 2 amide bonds. The van der Waals surface area contributed by atoms with Crippen molar-refractivity contribution < 1.29 is 9.59 Å². The Balaban J connectivity index is 1.40. The standard InChI is InChI=1S/C18H23N5O2S/c1-11-9-15(20-17(24)12-6-7-12)26-16(11)18(25)19-10-14-22-21-13-5-3-2-4-8-23(13)14/h9,12H,2-8,10H2,1H3,(H,19,25)(H,20,24). The number of thiophene rings is 1. The molecule has 4 rings (SSSR count). The molecule has 8 heteroatoms. The highest BCUT2D eigenvalue weighted by Crippen LogP contribution is 2.32. The summed E-state index contributed by atoms with van der Waals surface area (Å²) < 4.78 is 2.13. The number of fused-ring (bicyclic) bond motifs is 1. The van der Waals surface area contributed by atoms with Gasteiger partial charge in [0.25, 0.3) is 5.91 Å². The van der Waals surface area contributed by atoms with E-state index in [4.69, 9.17) is 0 Å². The molecule has 1 aliphatic heterocycles. The Morgan fingerprint density at radius 1 is 1.27 bits per heavy atom. The minimum atomic E-state index is -0.134. The lowest BCUT2D eigenvalue weighted by molar-refractivity contribution is -0.117. The van der Waals surface area contributed by atoms with Gasteiger partial charge in [0.15, 0.2) is 5.82 Å². The van der Waals surface area contributed by atoms with E-state index in [-0.39, 0.29) is 17.7 Å². The molecule has 0 atom stereocenters. The van der Waals surface area contributed by atoms with Gasteiger partial charge in [-0.1, -0.05) is 6.42 Å². The fourth-order valence-electron chi connectivity index (χ4n) is 3.25. The number of aromatic nitrogens is 3. The molecule has 26 heavy (non-hydrogen) atoms. The topological polar surface area (TPSA) is 88.9 Å². The fourth-order valence-corrected chi connectivity index (χ4v) is 4.25. The van der Waals surface area contributed by atoms with Crippen molar-refractivity contribution in [1.82, 2.24) is 20.1 Å². The number of hydrogen-bond acceptors (Lipinski definition) is 5. The van der Waals surface area contributed by atoms with E-state index in [9.17, 15) is 9.59 Å². The summed E-state index contributed by atoms with van der Waals surface area (Å²) >= 11 is 1.32. The second kappa shape index (κ2) is 7.19. The Kier molecular flexibility index (Phi) is 4.76. The van der Waals surface area contributed by atoms with Gasteiger partial charge in [0.2, 0.25) is 5.91 Å². The molecule has 138 valence electrons. The van der Waals surface area contributed by atoms with Crippen LogP contribution in [0.3, 0.4) is 0 Å². The van der Waals surface area contributed by atoms with E-state index in [1.54, 1.807) is 0 Å². The summed E-state index contributed by atoms with van der Waals surface area (Å²) in [6.07, 6.45) is 6.36. The maximum atomic E-state index is 12.6. The van der Waals surface area contributed by atoms with Crippen molar-refractivity contribution in [3.8, 4) is 0 Å². The van der Waals surface area contributed by atoms with Crippen LogP contribution in [0.1, 0.15) is 59.0 Å². The zero-order chi connectivity index (χ0) is 18.1. The SMILES string of the molecule is Cc1cc(NC(=O)C2CC2)sc1C(=O)NCc1nnc2n1CCCCC2. The lowest BCUT2D eigenvalue weighted by Gasteiger charge is -2.08. The van der Waals surface area contributed by atoms with Gasteiger partial charge < -0.3 is 15.2 Å². The number of nitrogens with one attached hydrogen (secondary N) is 2. The smallest absolute Gasteiger partial charge is 0.262 e. The largest absolute Gasteiger partial charge is 0.344 e. The maximum absolute atomic E-state index is 12.6. The van der Waals surface area contributed by atoms with Crippen LogP contribution in [0.15, 0.2) is 6.07 Å². The zero-order valence-corrected chi connectivity index (χ0v) is 15.7. The number of anilines is 1.